The van der Waals surface area contributed by atoms with E-state index in [1.807, 2.05) is 0 Å². The summed E-state index contributed by atoms with van der Waals surface area (Å²) in [6, 6.07) is 6.81. The average molecular weight is 504 g/mol. The maximum absolute atomic E-state index is 14.0. The number of esters is 1. The summed E-state index contributed by atoms with van der Waals surface area (Å²) in [7, 11) is 0. The lowest BCUT2D eigenvalue weighted by molar-refractivity contribution is -0.140. The number of benzene rings is 1. The summed E-state index contributed by atoms with van der Waals surface area (Å²) in [6.07, 6.45) is 1.34. The summed E-state index contributed by atoms with van der Waals surface area (Å²) >= 11 is 0. The molecule has 6 nitrogen and oxygen atoms in total. The number of likely N-dealkylation sites (tertiary alicyclic amines) is 1. The van der Waals surface area contributed by atoms with Gasteiger partial charge in [-0.3, -0.25) is 4.79 Å². The first kappa shape index (κ1) is 26.0. The number of rotatable bonds is 7. The summed E-state index contributed by atoms with van der Waals surface area (Å²) in [5, 5.41) is 3.06. The number of piperidine rings is 1. The Balaban J connectivity index is 1.78. The predicted octanol–water partition coefficient (Wildman–Crippen LogP) is 5.14. The Morgan fingerprint density at radius 1 is 1.11 bits per heavy atom. The third-order valence-corrected chi connectivity index (χ3v) is 6.90. The van der Waals surface area contributed by atoms with Gasteiger partial charge in [0.1, 0.15) is 0 Å². The molecule has 1 fully saturated rings. The van der Waals surface area contributed by atoms with Crippen molar-refractivity contribution < 1.29 is 22.7 Å². The molecule has 1 N–H and O–H groups in total. The van der Waals surface area contributed by atoms with E-state index in [0.29, 0.717) is 17.9 Å². The molecule has 9 heteroatoms. The number of anilines is 1. The van der Waals surface area contributed by atoms with Gasteiger partial charge in [0.05, 0.1) is 29.2 Å². The summed E-state index contributed by atoms with van der Waals surface area (Å²) in [4.78, 5) is 29.1. The molecular weight excluding hydrogens is 471 g/mol. The van der Waals surface area contributed by atoms with E-state index in [4.69, 9.17) is 4.74 Å². The van der Waals surface area contributed by atoms with Gasteiger partial charge in [-0.1, -0.05) is 24.6 Å². The average Bonchev–Trinajstić information content (AvgIpc) is 2.85. The molecule has 194 valence electrons. The third kappa shape index (κ3) is 5.36. The van der Waals surface area contributed by atoms with E-state index in [2.05, 4.69) is 10.2 Å². The predicted molar refractivity (Wildman–Crippen MR) is 132 cm³/mol. The minimum absolute atomic E-state index is 0.0178. The van der Waals surface area contributed by atoms with Crippen molar-refractivity contribution in [2.24, 2.45) is 0 Å². The molecule has 1 aromatic carbocycles. The highest BCUT2D eigenvalue weighted by molar-refractivity contribution is 5.94. The highest BCUT2D eigenvalue weighted by atomic mass is 19.4. The van der Waals surface area contributed by atoms with Crippen LogP contribution in [0.3, 0.4) is 0 Å². The molecule has 0 amide bonds. The summed E-state index contributed by atoms with van der Waals surface area (Å²) in [5.41, 5.74) is -0.513. The van der Waals surface area contributed by atoms with Crippen LogP contribution in [0.4, 0.5) is 18.9 Å². The number of halogens is 3. The molecular formula is C27H32F3N3O3. The van der Waals surface area contributed by atoms with Gasteiger partial charge in [-0.25, -0.2) is 4.79 Å². The van der Waals surface area contributed by atoms with Gasteiger partial charge < -0.3 is 19.5 Å². The second-order valence-electron chi connectivity index (χ2n) is 9.30. The van der Waals surface area contributed by atoms with E-state index >= 15 is 0 Å². The molecule has 1 atom stereocenters. The van der Waals surface area contributed by atoms with Crippen LogP contribution in [0.1, 0.15) is 62.1 Å². The number of nitrogens with one attached hydrogen (secondary N) is 1. The quantitative estimate of drug-likeness (QED) is 0.531. The minimum Gasteiger partial charge on any atom is -0.463 e. The van der Waals surface area contributed by atoms with Gasteiger partial charge in [0.2, 0.25) is 0 Å². The summed E-state index contributed by atoms with van der Waals surface area (Å²) in [6.45, 7) is 6.70. The SMILES string of the molecule is CCOC(=O)C1=C(C)Nc2ccn(CCCN3CCCCC3)c(=O)c2C1c1ccccc1C(F)(F)F. The third-order valence-electron chi connectivity index (χ3n) is 6.90. The van der Waals surface area contributed by atoms with Crippen molar-refractivity contribution in [2.75, 3.05) is 31.6 Å². The van der Waals surface area contributed by atoms with Gasteiger partial charge in [0, 0.05) is 24.1 Å². The largest absolute Gasteiger partial charge is 0.463 e. The second-order valence-corrected chi connectivity index (χ2v) is 9.30. The first-order valence-electron chi connectivity index (χ1n) is 12.5. The molecule has 0 aliphatic carbocycles. The molecule has 1 unspecified atom stereocenters. The van der Waals surface area contributed by atoms with Crippen LogP contribution in [0, 0.1) is 0 Å². The Morgan fingerprint density at radius 3 is 2.53 bits per heavy atom. The van der Waals surface area contributed by atoms with Crippen LogP contribution >= 0.6 is 0 Å². The molecule has 1 aromatic heterocycles. The van der Waals surface area contributed by atoms with Crippen LogP contribution in [-0.4, -0.2) is 41.7 Å². The number of pyridine rings is 1. The second kappa shape index (κ2) is 10.9. The molecule has 1 saturated heterocycles. The highest BCUT2D eigenvalue weighted by Crippen LogP contribution is 2.45. The van der Waals surface area contributed by atoms with Crippen molar-refractivity contribution in [3.63, 3.8) is 0 Å². The Kier molecular flexibility index (Phi) is 7.88. The van der Waals surface area contributed by atoms with Gasteiger partial charge in [-0.2, -0.15) is 13.2 Å². The van der Waals surface area contributed by atoms with Crippen LogP contribution in [0.25, 0.3) is 0 Å². The van der Waals surface area contributed by atoms with E-state index in [-0.39, 0.29) is 23.3 Å². The molecule has 2 aliphatic rings. The van der Waals surface area contributed by atoms with E-state index in [1.54, 1.807) is 26.1 Å². The molecule has 2 aromatic rings. The number of hydrogen-bond donors (Lipinski definition) is 1. The fraction of sp³-hybridized carbons (Fsp3) is 0.481. The number of carbonyl (C=O) groups is 1. The number of hydrogen-bond acceptors (Lipinski definition) is 5. The number of allylic oxidation sites excluding steroid dienone is 1. The Bertz CT molecular complexity index is 1200. The van der Waals surface area contributed by atoms with Crippen molar-refractivity contribution in [1.29, 1.82) is 0 Å². The molecule has 4 rings (SSSR count). The van der Waals surface area contributed by atoms with Gasteiger partial charge >= 0.3 is 12.1 Å². The fourth-order valence-electron chi connectivity index (χ4n) is 5.23. The minimum atomic E-state index is -4.66. The van der Waals surface area contributed by atoms with Gasteiger partial charge in [-0.15, -0.1) is 0 Å². The smallest absolute Gasteiger partial charge is 0.416 e. The molecule has 2 aliphatic heterocycles. The Morgan fingerprint density at radius 2 is 1.83 bits per heavy atom. The maximum atomic E-state index is 14.0. The number of carbonyl (C=O) groups excluding carboxylic acids is 1. The van der Waals surface area contributed by atoms with Crippen molar-refractivity contribution in [2.45, 2.75) is 58.2 Å². The number of nitrogens with zero attached hydrogens (tertiary/aromatic N) is 2. The van der Waals surface area contributed by atoms with Crippen LogP contribution in [0.2, 0.25) is 0 Å². The maximum Gasteiger partial charge on any atom is 0.416 e. The molecule has 0 spiro atoms. The Labute approximate surface area is 208 Å². The number of fused-ring (bicyclic) bond motifs is 1. The zero-order chi connectivity index (χ0) is 25.9. The van der Waals surface area contributed by atoms with Crippen LogP contribution in [0.15, 0.2) is 52.6 Å². The lowest BCUT2D eigenvalue weighted by Gasteiger charge is -2.31. The van der Waals surface area contributed by atoms with E-state index in [1.165, 1.54) is 42.0 Å². The van der Waals surface area contributed by atoms with Gasteiger partial charge in [0.15, 0.2) is 0 Å². The molecule has 3 heterocycles. The van der Waals surface area contributed by atoms with Crippen LogP contribution < -0.4 is 10.9 Å². The topological polar surface area (TPSA) is 63.6 Å². The summed E-state index contributed by atoms with van der Waals surface area (Å²) in [5.74, 6) is -1.95. The summed E-state index contributed by atoms with van der Waals surface area (Å²) < 4.78 is 48.9. The van der Waals surface area contributed by atoms with Crippen molar-refractivity contribution in [3.8, 4) is 0 Å². The lowest BCUT2D eigenvalue weighted by Crippen LogP contribution is -2.35. The van der Waals surface area contributed by atoms with Crippen molar-refractivity contribution in [3.05, 3.63) is 74.8 Å². The van der Waals surface area contributed by atoms with Gasteiger partial charge in [0.25, 0.3) is 5.56 Å². The van der Waals surface area contributed by atoms with E-state index < -0.39 is 29.2 Å². The van der Waals surface area contributed by atoms with E-state index in [9.17, 15) is 22.8 Å². The number of aromatic nitrogens is 1. The van der Waals surface area contributed by atoms with E-state index in [0.717, 1.165) is 32.1 Å². The number of ether oxygens (including phenoxy) is 1. The van der Waals surface area contributed by atoms with Crippen molar-refractivity contribution >= 4 is 11.7 Å². The molecule has 0 saturated carbocycles. The number of alkyl halides is 3. The fourth-order valence-corrected chi connectivity index (χ4v) is 5.23. The van der Waals surface area contributed by atoms with Crippen LogP contribution in [-0.2, 0) is 22.3 Å². The van der Waals surface area contributed by atoms with Gasteiger partial charge in [-0.05, 0) is 70.4 Å². The molecule has 0 bridgehead atoms. The standard InChI is InChI=1S/C27H32F3N3O3/c1-3-36-26(35)22-18(2)31-21-12-17-33(16-9-15-32-13-7-4-8-14-32)25(34)24(21)23(22)19-10-5-6-11-20(19)27(28,29)30/h5-6,10-12,17,23,31H,3-4,7-9,13-16H2,1-2H3. The Hall–Kier alpha value is -3.07. The zero-order valence-electron chi connectivity index (χ0n) is 20.7. The first-order valence-corrected chi connectivity index (χ1v) is 12.5. The zero-order valence-corrected chi connectivity index (χ0v) is 20.7. The highest BCUT2D eigenvalue weighted by Gasteiger charge is 2.41. The monoisotopic (exact) mass is 503 g/mol. The number of aryl methyl sites for hydroxylation is 1. The first-order chi connectivity index (χ1) is 17.2. The van der Waals surface area contributed by atoms with Crippen molar-refractivity contribution in [1.82, 2.24) is 9.47 Å². The molecule has 0 radical (unpaired) electrons. The van der Waals surface area contributed by atoms with Crippen LogP contribution in [0.5, 0.6) is 0 Å². The normalized spacial score (nSPS) is 18.5. The molecule has 36 heavy (non-hydrogen) atoms. The lowest BCUT2D eigenvalue weighted by atomic mass is 9.79.